The first-order valence-corrected chi connectivity index (χ1v) is 5.90. The van der Waals surface area contributed by atoms with Gasteiger partial charge in [0.15, 0.2) is 0 Å². The summed E-state index contributed by atoms with van der Waals surface area (Å²) in [4.78, 5) is 0. The molecule has 0 amide bonds. The Hall–Kier alpha value is -0.970. The lowest BCUT2D eigenvalue weighted by atomic mass is 10.2. The van der Waals surface area contributed by atoms with Crippen LogP contribution in [-0.2, 0) is 16.1 Å². The molecule has 0 bridgehead atoms. The number of hydrogen-bond acceptors (Lipinski definition) is 3. The topological polar surface area (TPSA) is 44.5 Å². The molecule has 1 aromatic carbocycles. The van der Waals surface area contributed by atoms with Crippen molar-refractivity contribution in [2.75, 3.05) is 19.8 Å². The molecule has 1 atom stereocenters. The molecule has 0 saturated carbocycles. The van der Waals surface area contributed by atoms with E-state index in [0.29, 0.717) is 25.3 Å². The highest BCUT2D eigenvalue weighted by atomic mass is 19.1. The minimum atomic E-state index is -0.229. The van der Waals surface area contributed by atoms with Crippen molar-refractivity contribution >= 4 is 0 Å². The molecule has 0 fully saturated rings. The number of benzene rings is 1. The fourth-order valence-electron chi connectivity index (χ4n) is 1.52. The summed E-state index contributed by atoms with van der Waals surface area (Å²) >= 11 is 0. The van der Waals surface area contributed by atoms with Crippen LogP contribution in [0.4, 0.5) is 4.39 Å². The third kappa shape index (κ3) is 5.26. The van der Waals surface area contributed by atoms with Crippen molar-refractivity contribution < 1.29 is 13.9 Å². The van der Waals surface area contributed by atoms with Crippen LogP contribution in [-0.4, -0.2) is 25.9 Å². The van der Waals surface area contributed by atoms with E-state index in [1.807, 2.05) is 6.92 Å². The Morgan fingerprint density at radius 2 is 2.12 bits per heavy atom. The van der Waals surface area contributed by atoms with Gasteiger partial charge in [0.1, 0.15) is 5.82 Å². The maximum absolute atomic E-state index is 13.2. The second-order valence-electron chi connectivity index (χ2n) is 3.75. The van der Waals surface area contributed by atoms with Gasteiger partial charge in [0.05, 0.1) is 12.7 Å². The van der Waals surface area contributed by atoms with Gasteiger partial charge >= 0.3 is 0 Å². The van der Waals surface area contributed by atoms with E-state index in [0.717, 1.165) is 6.42 Å². The molecule has 0 aliphatic heterocycles. The molecule has 0 spiro atoms. The van der Waals surface area contributed by atoms with Crippen LogP contribution in [0.15, 0.2) is 24.3 Å². The van der Waals surface area contributed by atoms with Crippen LogP contribution in [0.3, 0.4) is 0 Å². The van der Waals surface area contributed by atoms with Crippen molar-refractivity contribution in [2.24, 2.45) is 5.73 Å². The van der Waals surface area contributed by atoms with Crippen molar-refractivity contribution in [3.8, 4) is 0 Å². The summed E-state index contributed by atoms with van der Waals surface area (Å²) < 4.78 is 24.0. The third-order valence-electron chi connectivity index (χ3n) is 2.46. The molecule has 0 aliphatic carbocycles. The van der Waals surface area contributed by atoms with Crippen molar-refractivity contribution in [1.29, 1.82) is 0 Å². The first-order valence-electron chi connectivity index (χ1n) is 5.90. The Morgan fingerprint density at radius 1 is 1.35 bits per heavy atom. The quantitative estimate of drug-likeness (QED) is 0.709. The van der Waals surface area contributed by atoms with Crippen LogP contribution >= 0.6 is 0 Å². The van der Waals surface area contributed by atoms with Gasteiger partial charge in [-0.25, -0.2) is 4.39 Å². The normalized spacial score (nSPS) is 12.6. The van der Waals surface area contributed by atoms with Gasteiger partial charge in [0.25, 0.3) is 0 Å². The molecule has 0 heterocycles. The summed E-state index contributed by atoms with van der Waals surface area (Å²) in [6.07, 6.45) is 0.763. The third-order valence-corrected chi connectivity index (χ3v) is 2.46. The van der Waals surface area contributed by atoms with E-state index in [9.17, 15) is 4.39 Å². The molecule has 3 nitrogen and oxygen atoms in total. The lowest BCUT2D eigenvalue weighted by molar-refractivity contribution is 0.0284. The summed E-state index contributed by atoms with van der Waals surface area (Å²) in [5, 5.41) is 0. The number of nitrogens with two attached hydrogens (primary N) is 1. The van der Waals surface area contributed by atoms with Crippen LogP contribution in [0.1, 0.15) is 18.9 Å². The van der Waals surface area contributed by atoms with Crippen molar-refractivity contribution in [2.45, 2.75) is 26.1 Å². The molecule has 0 aliphatic rings. The molecule has 0 radical (unpaired) electrons. The summed E-state index contributed by atoms with van der Waals surface area (Å²) in [5.41, 5.74) is 6.11. The monoisotopic (exact) mass is 241 g/mol. The lowest BCUT2D eigenvalue weighted by Crippen LogP contribution is -2.25. The molecular formula is C13H20FNO2. The van der Waals surface area contributed by atoms with Gasteiger partial charge in [-0.3, -0.25) is 0 Å². The number of halogens is 1. The zero-order valence-electron chi connectivity index (χ0n) is 10.2. The SMILES string of the molecule is CCOC(CN)CCOCc1ccccc1F. The van der Waals surface area contributed by atoms with Gasteiger partial charge in [-0.2, -0.15) is 0 Å². The summed E-state index contributed by atoms with van der Waals surface area (Å²) in [6, 6.07) is 6.61. The van der Waals surface area contributed by atoms with E-state index < -0.39 is 0 Å². The summed E-state index contributed by atoms with van der Waals surface area (Å²) in [6.45, 7) is 3.88. The van der Waals surface area contributed by atoms with Crippen molar-refractivity contribution in [3.63, 3.8) is 0 Å². The van der Waals surface area contributed by atoms with E-state index >= 15 is 0 Å². The molecule has 1 aromatic rings. The summed E-state index contributed by atoms with van der Waals surface area (Å²) in [7, 11) is 0. The van der Waals surface area contributed by atoms with Crippen molar-refractivity contribution in [3.05, 3.63) is 35.6 Å². The number of hydrogen-bond donors (Lipinski definition) is 1. The minimum Gasteiger partial charge on any atom is -0.377 e. The molecule has 0 saturated heterocycles. The first kappa shape index (κ1) is 14.1. The molecule has 4 heteroatoms. The van der Waals surface area contributed by atoms with Crippen LogP contribution < -0.4 is 5.73 Å². The second kappa shape index (κ2) is 8.17. The standard InChI is InChI=1S/C13H20FNO2/c1-2-17-12(9-15)7-8-16-10-11-5-3-4-6-13(11)14/h3-6,12H,2,7-10,15H2,1H3. The van der Waals surface area contributed by atoms with Gasteiger partial charge in [0.2, 0.25) is 0 Å². The molecule has 1 rings (SSSR count). The van der Waals surface area contributed by atoms with Gasteiger partial charge in [-0.1, -0.05) is 18.2 Å². The Morgan fingerprint density at radius 3 is 2.76 bits per heavy atom. The molecule has 1 unspecified atom stereocenters. The fourth-order valence-corrected chi connectivity index (χ4v) is 1.52. The molecule has 96 valence electrons. The summed E-state index contributed by atoms with van der Waals surface area (Å²) in [5.74, 6) is -0.229. The lowest BCUT2D eigenvalue weighted by Gasteiger charge is -2.14. The van der Waals surface area contributed by atoms with E-state index in [1.165, 1.54) is 6.07 Å². The highest BCUT2D eigenvalue weighted by Crippen LogP contribution is 2.08. The zero-order chi connectivity index (χ0) is 12.5. The van der Waals surface area contributed by atoms with E-state index in [1.54, 1.807) is 18.2 Å². The Labute approximate surface area is 102 Å². The highest BCUT2D eigenvalue weighted by molar-refractivity contribution is 5.16. The van der Waals surface area contributed by atoms with E-state index in [4.69, 9.17) is 15.2 Å². The van der Waals surface area contributed by atoms with Gasteiger partial charge in [-0.05, 0) is 19.4 Å². The maximum Gasteiger partial charge on any atom is 0.128 e. The van der Waals surface area contributed by atoms with Crippen LogP contribution in [0.2, 0.25) is 0 Å². The van der Waals surface area contributed by atoms with Crippen LogP contribution in [0, 0.1) is 5.82 Å². The Kier molecular flexibility index (Phi) is 6.77. The molecule has 17 heavy (non-hydrogen) atoms. The number of rotatable bonds is 8. The molecular weight excluding hydrogens is 221 g/mol. The maximum atomic E-state index is 13.2. The second-order valence-corrected chi connectivity index (χ2v) is 3.75. The Bertz CT molecular complexity index is 320. The van der Waals surface area contributed by atoms with Gasteiger partial charge < -0.3 is 15.2 Å². The average molecular weight is 241 g/mol. The first-order chi connectivity index (χ1) is 8.27. The minimum absolute atomic E-state index is 0.0284. The molecule has 2 N–H and O–H groups in total. The smallest absolute Gasteiger partial charge is 0.128 e. The van der Waals surface area contributed by atoms with Crippen LogP contribution in [0.25, 0.3) is 0 Å². The van der Waals surface area contributed by atoms with Crippen LogP contribution in [0.5, 0.6) is 0 Å². The van der Waals surface area contributed by atoms with Crippen molar-refractivity contribution in [1.82, 2.24) is 0 Å². The molecule has 0 aromatic heterocycles. The fraction of sp³-hybridized carbons (Fsp3) is 0.538. The predicted molar refractivity (Wildman–Crippen MR) is 65.1 cm³/mol. The van der Waals surface area contributed by atoms with Gasteiger partial charge in [-0.15, -0.1) is 0 Å². The average Bonchev–Trinajstić information content (AvgIpc) is 2.35. The van der Waals surface area contributed by atoms with E-state index in [2.05, 4.69) is 0 Å². The van der Waals surface area contributed by atoms with Gasteiger partial charge in [0, 0.05) is 25.3 Å². The number of ether oxygens (including phenoxy) is 2. The largest absolute Gasteiger partial charge is 0.377 e. The predicted octanol–water partition coefficient (Wildman–Crippen LogP) is 2.10. The highest BCUT2D eigenvalue weighted by Gasteiger charge is 2.06. The van der Waals surface area contributed by atoms with E-state index in [-0.39, 0.29) is 18.5 Å². The zero-order valence-corrected chi connectivity index (χ0v) is 10.2. The Balaban J connectivity index is 2.22.